The average molecular weight is 453 g/mol. The molecule has 1 saturated carbocycles. The minimum absolute atomic E-state index is 0.0456. The van der Waals surface area contributed by atoms with Crippen molar-refractivity contribution in [1.29, 1.82) is 0 Å². The van der Waals surface area contributed by atoms with Gasteiger partial charge in [0.1, 0.15) is 6.04 Å². The molecule has 1 aliphatic heterocycles. The van der Waals surface area contributed by atoms with Gasteiger partial charge < -0.3 is 9.64 Å². The Balaban J connectivity index is 1.81. The molecule has 0 aromatic heterocycles. The van der Waals surface area contributed by atoms with E-state index in [0.29, 0.717) is 11.6 Å². The van der Waals surface area contributed by atoms with Gasteiger partial charge in [-0.1, -0.05) is 61.2 Å². The number of nitrogens with zero attached hydrogens (tertiary/aromatic N) is 2. The van der Waals surface area contributed by atoms with Gasteiger partial charge in [0.15, 0.2) is 0 Å². The quantitative estimate of drug-likeness (QED) is 0.549. The fraction of sp³-hybridized carbons (Fsp3) is 0.423. The minimum Gasteiger partial charge on any atom is -0.466 e. The summed E-state index contributed by atoms with van der Waals surface area (Å²) in [6.45, 7) is 2.36. The number of carbonyl (C=O) groups is 2. The highest BCUT2D eigenvalue weighted by Crippen LogP contribution is 2.36. The lowest BCUT2D eigenvalue weighted by Gasteiger charge is -2.30. The molecule has 0 saturated heterocycles. The Kier molecular flexibility index (Phi) is 7.26. The Morgan fingerprint density at radius 3 is 2.59 bits per heavy atom. The molecule has 4 rings (SSSR count). The van der Waals surface area contributed by atoms with Crippen molar-refractivity contribution in [3.8, 4) is 0 Å². The van der Waals surface area contributed by atoms with Crippen LogP contribution in [-0.2, 0) is 14.3 Å². The second kappa shape index (κ2) is 10.3. The van der Waals surface area contributed by atoms with Crippen molar-refractivity contribution >= 4 is 34.9 Å². The van der Waals surface area contributed by atoms with Gasteiger partial charge in [0.25, 0.3) is 5.91 Å². The molecule has 0 bridgehead atoms. The number of rotatable bonds is 6. The van der Waals surface area contributed by atoms with Gasteiger partial charge in [-0.25, -0.2) is 0 Å². The van der Waals surface area contributed by atoms with Gasteiger partial charge >= 0.3 is 5.97 Å². The van der Waals surface area contributed by atoms with Gasteiger partial charge in [-0.05, 0) is 43.9 Å². The van der Waals surface area contributed by atoms with E-state index in [9.17, 15) is 9.59 Å². The number of fused-ring (bicyclic) bond motifs is 1. The highest BCUT2D eigenvalue weighted by atomic mass is 35.5. The monoisotopic (exact) mass is 452 g/mol. The lowest BCUT2D eigenvalue weighted by atomic mass is 9.83. The van der Waals surface area contributed by atoms with Crippen LogP contribution >= 0.6 is 11.6 Å². The molecule has 168 valence electrons. The van der Waals surface area contributed by atoms with Gasteiger partial charge in [0.05, 0.1) is 24.4 Å². The van der Waals surface area contributed by atoms with E-state index in [1.54, 1.807) is 17.9 Å². The number of hydrogen-bond donors (Lipinski definition) is 0. The maximum Gasteiger partial charge on any atom is 0.307 e. The summed E-state index contributed by atoms with van der Waals surface area (Å²) < 4.78 is 5.11. The van der Waals surface area contributed by atoms with Gasteiger partial charge in [0.2, 0.25) is 0 Å². The molecule has 32 heavy (non-hydrogen) atoms. The standard InChI is InChI=1S/C26H29ClN2O3/c1-2-32-23(30)15-16-29-22-14-13-20(27)17-21(22)24(18-9-5-3-6-10-18)28-25(26(29)31)19-11-7-4-8-12-19/h3,5-6,9-10,13-14,17,19,25H,2,4,7-8,11-12,15-16H2,1H3/t25-/m0/s1. The van der Waals surface area contributed by atoms with E-state index >= 15 is 0 Å². The molecule has 0 spiro atoms. The van der Waals surface area contributed by atoms with Crippen molar-refractivity contribution in [2.45, 2.75) is 51.5 Å². The number of esters is 1. The molecule has 0 unspecified atom stereocenters. The van der Waals surface area contributed by atoms with Crippen molar-refractivity contribution in [2.75, 3.05) is 18.1 Å². The van der Waals surface area contributed by atoms with Gasteiger partial charge in [-0.3, -0.25) is 14.6 Å². The van der Waals surface area contributed by atoms with E-state index < -0.39 is 6.04 Å². The van der Waals surface area contributed by atoms with Crippen molar-refractivity contribution in [1.82, 2.24) is 0 Å². The zero-order valence-electron chi connectivity index (χ0n) is 18.4. The lowest BCUT2D eigenvalue weighted by Crippen LogP contribution is -2.43. The normalized spacial score (nSPS) is 19.2. The van der Waals surface area contributed by atoms with E-state index in [2.05, 4.69) is 0 Å². The fourth-order valence-corrected chi connectivity index (χ4v) is 4.90. The summed E-state index contributed by atoms with van der Waals surface area (Å²) in [5.41, 5.74) is 3.30. The Morgan fingerprint density at radius 2 is 1.88 bits per heavy atom. The summed E-state index contributed by atoms with van der Waals surface area (Å²) in [6.07, 6.45) is 5.56. The SMILES string of the molecule is CCOC(=O)CCN1C(=O)[C@H](C2CCCCC2)N=C(c2ccccc2)c2cc(Cl)ccc21. The van der Waals surface area contributed by atoms with Crippen LogP contribution in [0.25, 0.3) is 0 Å². The summed E-state index contributed by atoms with van der Waals surface area (Å²) in [5, 5.41) is 0.585. The van der Waals surface area contributed by atoms with E-state index in [1.807, 2.05) is 42.5 Å². The van der Waals surface area contributed by atoms with Crippen LogP contribution < -0.4 is 4.90 Å². The summed E-state index contributed by atoms with van der Waals surface area (Å²) in [7, 11) is 0. The third kappa shape index (κ3) is 4.88. The lowest BCUT2D eigenvalue weighted by molar-refractivity contribution is -0.142. The molecule has 2 aromatic carbocycles. The first-order valence-electron chi connectivity index (χ1n) is 11.5. The number of carbonyl (C=O) groups excluding carboxylic acids is 2. The number of anilines is 1. The molecular weight excluding hydrogens is 424 g/mol. The number of benzene rings is 2. The number of hydrogen-bond acceptors (Lipinski definition) is 4. The van der Waals surface area contributed by atoms with Crippen LogP contribution in [0.2, 0.25) is 5.02 Å². The third-order valence-electron chi connectivity index (χ3n) is 6.28. The second-order valence-corrected chi connectivity index (χ2v) is 8.83. The van der Waals surface area contributed by atoms with E-state index in [-0.39, 0.29) is 30.8 Å². The summed E-state index contributed by atoms with van der Waals surface area (Å²) in [4.78, 5) is 32.8. The maximum absolute atomic E-state index is 13.9. The first-order chi connectivity index (χ1) is 15.6. The Labute approximate surface area is 194 Å². The Hall–Kier alpha value is -2.66. The predicted molar refractivity (Wildman–Crippen MR) is 127 cm³/mol. The molecule has 0 radical (unpaired) electrons. The molecule has 5 nitrogen and oxygen atoms in total. The fourth-order valence-electron chi connectivity index (χ4n) is 4.73. The molecule has 1 aliphatic carbocycles. The average Bonchev–Trinajstić information content (AvgIpc) is 2.93. The number of halogens is 1. The first-order valence-corrected chi connectivity index (χ1v) is 11.9. The third-order valence-corrected chi connectivity index (χ3v) is 6.52. The molecule has 1 amide bonds. The second-order valence-electron chi connectivity index (χ2n) is 8.39. The maximum atomic E-state index is 13.9. The molecule has 0 N–H and O–H groups in total. The van der Waals surface area contributed by atoms with Crippen molar-refractivity contribution in [2.24, 2.45) is 10.9 Å². The van der Waals surface area contributed by atoms with Crippen LogP contribution in [0.15, 0.2) is 53.5 Å². The highest BCUT2D eigenvalue weighted by Gasteiger charge is 2.37. The van der Waals surface area contributed by atoms with Crippen molar-refractivity contribution in [3.05, 3.63) is 64.7 Å². The van der Waals surface area contributed by atoms with Crippen LogP contribution in [0.5, 0.6) is 0 Å². The van der Waals surface area contributed by atoms with Crippen LogP contribution in [0.1, 0.15) is 56.6 Å². The van der Waals surface area contributed by atoms with Crippen LogP contribution in [0.3, 0.4) is 0 Å². The molecule has 2 aliphatic rings. The molecule has 1 heterocycles. The van der Waals surface area contributed by atoms with Gasteiger partial charge in [-0.15, -0.1) is 0 Å². The zero-order chi connectivity index (χ0) is 22.5. The summed E-state index contributed by atoms with van der Waals surface area (Å²) in [5.74, 6) is -0.154. The summed E-state index contributed by atoms with van der Waals surface area (Å²) in [6, 6.07) is 15.0. The molecule has 2 aromatic rings. The molecule has 6 heteroatoms. The van der Waals surface area contributed by atoms with E-state index in [4.69, 9.17) is 21.3 Å². The Morgan fingerprint density at radius 1 is 1.12 bits per heavy atom. The van der Waals surface area contributed by atoms with E-state index in [1.165, 1.54) is 6.42 Å². The molecule has 1 atom stereocenters. The predicted octanol–water partition coefficient (Wildman–Crippen LogP) is 5.43. The first kappa shape index (κ1) is 22.5. The minimum atomic E-state index is -0.473. The smallest absolute Gasteiger partial charge is 0.307 e. The summed E-state index contributed by atoms with van der Waals surface area (Å²) >= 11 is 6.39. The van der Waals surface area contributed by atoms with Crippen LogP contribution in [-0.4, -0.2) is 36.8 Å². The van der Waals surface area contributed by atoms with Crippen molar-refractivity contribution < 1.29 is 14.3 Å². The highest BCUT2D eigenvalue weighted by molar-refractivity contribution is 6.32. The number of amides is 1. The van der Waals surface area contributed by atoms with Crippen LogP contribution in [0, 0.1) is 5.92 Å². The number of benzodiazepines with no additional fused rings is 1. The largest absolute Gasteiger partial charge is 0.466 e. The van der Waals surface area contributed by atoms with E-state index in [0.717, 1.165) is 48.2 Å². The topological polar surface area (TPSA) is 59.0 Å². The van der Waals surface area contributed by atoms with Gasteiger partial charge in [0, 0.05) is 22.7 Å². The Bertz CT molecular complexity index is 999. The zero-order valence-corrected chi connectivity index (χ0v) is 19.2. The number of ether oxygens (including phenoxy) is 1. The number of aliphatic imine (C=N–C) groups is 1. The van der Waals surface area contributed by atoms with Crippen LogP contribution in [0.4, 0.5) is 5.69 Å². The molecular formula is C26H29ClN2O3. The molecule has 1 fully saturated rings. The van der Waals surface area contributed by atoms with Crippen molar-refractivity contribution in [3.63, 3.8) is 0 Å². The van der Waals surface area contributed by atoms with Gasteiger partial charge in [-0.2, -0.15) is 0 Å².